The third-order valence-electron chi connectivity index (χ3n) is 17.7. The number of pyridine rings is 1. The number of aromatic nitrogens is 3. The molecule has 5 heterocycles. The quantitative estimate of drug-likeness (QED) is 0.118. The van der Waals surface area contributed by atoms with Crippen LogP contribution in [0.25, 0.3) is 0 Å². The van der Waals surface area contributed by atoms with Crippen molar-refractivity contribution in [1.29, 1.82) is 0 Å². The van der Waals surface area contributed by atoms with Gasteiger partial charge in [0, 0.05) is 55.8 Å². The third kappa shape index (κ3) is 33.5. The Balaban J connectivity index is 0.000000963. The van der Waals surface area contributed by atoms with Crippen LogP contribution >= 0.6 is 0 Å². The lowest BCUT2D eigenvalue weighted by molar-refractivity contribution is 0.129. The van der Waals surface area contributed by atoms with E-state index in [0.717, 1.165) is 48.2 Å². The van der Waals surface area contributed by atoms with Crippen molar-refractivity contribution in [2.75, 3.05) is 39.3 Å². The second-order valence-corrected chi connectivity index (χ2v) is 29.0. The zero-order chi connectivity index (χ0) is 65.3. The van der Waals surface area contributed by atoms with E-state index in [1.54, 1.807) is 5.57 Å². The van der Waals surface area contributed by atoms with E-state index >= 15 is 0 Å². The average Bonchev–Trinajstić information content (AvgIpc) is 4.04. The van der Waals surface area contributed by atoms with Gasteiger partial charge < -0.3 is 9.80 Å². The van der Waals surface area contributed by atoms with E-state index in [1.807, 2.05) is 37.1 Å². The summed E-state index contributed by atoms with van der Waals surface area (Å²) in [6.07, 6.45) is 17.3. The second kappa shape index (κ2) is 44.0. The van der Waals surface area contributed by atoms with Gasteiger partial charge >= 0.3 is 0 Å². The Morgan fingerprint density at radius 2 is 0.671 bits per heavy atom. The molecule has 0 radical (unpaired) electrons. The van der Waals surface area contributed by atoms with Crippen molar-refractivity contribution in [2.45, 2.75) is 305 Å². The van der Waals surface area contributed by atoms with Crippen molar-refractivity contribution in [3.63, 3.8) is 0 Å². The van der Waals surface area contributed by atoms with Crippen molar-refractivity contribution < 1.29 is 0 Å². The van der Waals surface area contributed by atoms with Gasteiger partial charge in [0.1, 0.15) is 0 Å². The number of rotatable bonds is 14. The van der Waals surface area contributed by atoms with E-state index in [4.69, 9.17) is 0 Å². The van der Waals surface area contributed by atoms with E-state index < -0.39 is 0 Å². The maximum atomic E-state index is 4.25. The molecule has 0 saturated carbocycles. The van der Waals surface area contributed by atoms with Crippen LogP contribution in [0.5, 0.6) is 0 Å². The predicted octanol–water partition coefficient (Wildman–Crippen LogP) is 23.0. The molecule has 2 aromatic heterocycles. The lowest BCUT2D eigenvalue weighted by atomic mass is 9.86. The van der Waals surface area contributed by atoms with Crippen LogP contribution in [-0.2, 0) is 0 Å². The summed E-state index contributed by atoms with van der Waals surface area (Å²) in [5.41, 5.74) is 11.4. The zero-order valence-electron chi connectivity index (χ0n) is 61.8. The summed E-state index contributed by atoms with van der Waals surface area (Å²) < 4.78 is 2.00. The first-order valence-corrected chi connectivity index (χ1v) is 34.9. The molecule has 0 atom stereocenters. The minimum Gasteiger partial charge on any atom is -0.301 e. The molecule has 3 aliphatic rings. The van der Waals surface area contributed by atoms with Crippen LogP contribution in [0.15, 0.2) is 91.0 Å². The largest absolute Gasteiger partial charge is 0.301 e. The molecule has 0 bridgehead atoms. The normalized spacial score (nSPS) is 15.5. The van der Waals surface area contributed by atoms with Gasteiger partial charge in [0.15, 0.2) is 0 Å². The average molecular weight is 1180 g/mol. The van der Waals surface area contributed by atoms with Gasteiger partial charge in [-0.3, -0.25) is 14.6 Å². The molecule has 2 aromatic carbocycles. The van der Waals surface area contributed by atoms with Crippen molar-refractivity contribution >= 4 is 0 Å². The summed E-state index contributed by atoms with van der Waals surface area (Å²) in [7, 11) is 0. The number of likely N-dealkylation sites (tertiary alicyclic amines) is 2. The minimum atomic E-state index is 0.475. The van der Waals surface area contributed by atoms with E-state index in [9.17, 15) is 0 Å². The maximum Gasteiger partial charge on any atom is 0.0524 e. The molecule has 0 aliphatic carbocycles. The van der Waals surface area contributed by atoms with E-state index in [-0.39, 0.29) is 0 Å². The van der Waals surface area contributed by atoms with Crippen LogP contribution in [0.2, 0.25) is 0 Å². The molecule has 6 heteroatoms. The molecule has 3 aliphatic heterocycles. The predicted molar refractivity (Wildman–Crippen MR) is 382 cm³/mol. The molecule has 85 heavy (non-hydrogen) atoms. The molecule has 2 fully saturated rings. The van der Waals surface area contributed by atoms with Gasteiger partial charge in [-0.2, -0.15) is 5.10 Å². The Hall–Kier alpha value is -3.58. The fourth-order valence-electron chi connectivity index (χ4n) is 10.5. The molecule has 4 aromatic rings. The zero-order valence-corrected chi connectivity index (χ0v) is 61.8. The van der Waals surface area contributed by atoms with Crippen LogP contribution in [0.1, 0.15) is 326 Å². The lowest BCUT2D eigenvalue weighted by Gasteiger charge is -2.36. The molecule has 488 valence electrons. The van der Waals surface area contributed by atoms with Crippen LogP contribution < -0.4 is 0 Å². The Labute approximate surface area is 531 Å². The minimum absolute atomic E-state index is 0.475. The molecule has 0 spiro atoms. The summed E-state index contributed by atoms with van der Waals surface area (Å²) in [6.45, 7) is 74.7. The molecular formula is C79H142N6. The SMILES string of the molecule is CC.CC(C)C1=CCN(C(C)C)CC1.CC(C)C1CCN(C(C)C)CC1.CC(C)C1CCN(C(C)C)CC1.CC(C)c1cccc(C(C)C)c1.CC(C)c1cccc(C(C)C)c1.CC(C)c1cncc(C(C)C)c1.CC(C)c1cnn(C(C)C)c1. The Kier molecular flexibility index (Phi) is 42.1. The smallest absolute Gasteiger partial charge is 0.0524 e. The van der Waals surface area contributed by atoms with Gasteiger partial charge in [-0.25, -0.2) is 0 Å². The summed E-state index contributed by atoms with van der Waals surface area (Å²) in [4.78, 5) is 11.9. The Morgan fingerprint density at radius 1 is 0.353 bits per heavy atom. The van der Waals surface area contributed by atoms with E-state index in [2.05, 4.69) is 286 Å². The fourth-order valence-corrected chi connectivity index (χ4v) is 10.5. The molecule has 7 rings (SSSR count). The molecule has 2 saturated heterocycles. The number of hydrogen-bond acceptors (Lipinski definition) is 5. The summed E-state index contributed by atoms with van der Waals surface area (Å²) >= 11 is 0. The van der Waals surface area contributed by atoms with Crippen molar-refractivity contribution in [3.05, 3.63) is 130 Å². The number of benzene rings is 2. The van der Waals surface area contributed by atoms with Crippen LogP contribution in [0, 0.1) is 29.6 Å². The maximum absolute atomic E-state index is 4.25. The number of piperidine rings is 2. The highest BCUT2D eigenvalue weighted by atomic mass is 15.3. The first kappa shape index (κ1) is 81.4. The van der Waals surface area contributed by atoms with Gasteiger partial charge in [-0.1, -0.05) is 219 Å². The third-order valence-corrected chi connectivity index (χ3v) is 17.7. The Bertz CT molecular complexity index is 1980. The summed E-state index contributed by atoms with van der Waals surface area (Å²) in [6, 6.07) is 22.7. The van der Waals surface area contributed by atoms with Gasteiger partial charge in [0.25, 0.3) is 0 Å². The summed E-state index contributed by atoms with van der Waals surface area (Å²) in [5.74, 6) is 8.81. The Morgan fingerprint density at radius 3 is 0.894 bits per heavy atom. The topological polar surface area (TPSA) is 40.4 Å². The number of nitrogens with zero attached hydrogens (tertiary/aromatic N) is 6. The van der Waals surface area contributed by atoms with Gasteiger partial charge in [-0.15, -0.1) is 0 Å². The lowest BCUT2D eigenvalue weighted by Crippen LogP contribution is -2.39. The van der Waals surface area contributed by atoms with E-state index in [1.165, 1.54) is 104 Å². The molecule has 6 nitrogen and oxygen atoms in total. The van der Waals surface area contributed by atoms with Crippen molar-refractivity contribution in [1.82, 2.24) is 29.5 Å². The van der Waals surface area contributed by atoms with Crippen LogP contribution in [-0.4, -0.2) is 86.9 Å². The molecule has 0 unspecified atom stereocenters. The van der Waals surface area contributed by atoms with Crippen LogP contribution in [0.3, 0.4) is 0 Å². The van der Waals surface area contributed by atoms with Crippen molar-refractivity contribution in [3.8, 4) is 0 Å². The van der Waals surface area contributed by atoms with Crippen molar-refractivity contribution in [2.24, 2.45) is 29.6 Å². The first-order chi connectivity index (χ1) is 39.8. The fraction of sp³-hybridized carbons (Fsp3) is 0.722. The standard InChI is InChI=1S/2C12H18.C11H17N.2C11H23N.C11H21N.C9H16N2.C2H6/c2*1-9(2)11-6-5-7-12(8-11)10(3)4;1-8(2)10-5-11(9(3)4)7-12-6-10;3*1-9(2)11-5-7-12(8-6-11)10(3)4;1-7(2)9-5-10-11(6-9)8(3)4;1-2/h2*5-10H,1-4H3;5-9H,1-4H3;2*9-11H,5-8H2,1-4H3;5,9-10H,6-8H2,1-4H3;5-8H,1-4H3;1-2H3. The van der Waals surface area contributed by atoms with E-state index in [0.29, 0.717) is 53.5 Å². The summed E-state index contributed by atoms with van der Waals surface area (Å²) in [5, 5.41) is 4.25. The molecule has 0 N–H and O–H groups in total. The molecule has 0 amide bonds. The number of hydrogen-bond donors (Lipinski definition) is 0. The second-order valence-electron chi connectivity index (χ2n) is 29.0. The van der Waals surface area contributed by atoms with Crippen LogP contribution in [0.4, 0.5) is 0 Å². The van der Waals surface area contributed by atoms with Gasteiger partial charge in [-0.05, 0) is 224 Å². The monoisotopic (exact) mass is 1180 g/mol. The highest BCUT2D eigenvalue weighted by Gasteiger charge is 2.24. The molecular weight excluding hydrogens is 1030 g/mol. The first-order valence-electron chi connectivity index (χ1n) is 34.9. The van der Waals surface area contributed by atoms with Gasteiger partial charge in [0.2, 0.25) is 0 Å². The van der Waals surface area contributed by atoms with Gasteiger partial charge in [0.05, 0.1) is 6.20 Å². The highest BCUT2D eigenvalue weighted by Crippen LogP contribution is 2.28. The highest BCUT2D eigenvalue weighted by molar-refractivity contribution is 5.29.